The van der Waals surface area contributed by atoms with Crippen LogP contribution in [0.15, 0.2) is 24.3 Å². The highest BCUT2D eigenvalue weighted by Crippen LogP contribution is 2.27. The molecular weight excluding hydrogens is 336 g/mol. The maximum Gasteiger partial charge on any atom is 0.329 e. The number of carbonyl (C=O) groups excluding carboxylic acids is 4. The second-order valence-corrected chi connectivity index (χ2v) is 7.12. The van der Waals surface area contributed by atoms with Gasteiger partial charge in [-0.05, 0) is 37.3 Å². The fourth-order valence-electron chi connectivity index (χ4n) is 2.97. The zero-order valence-electron chi connectivity index (χ0n) is 14.9. The van der Waals surface area contributed by atoms with E-state index in [0.717, 1.165) is 17.7 Å². The van der Waals surface area contributed by atoms with E-state index in [1.54, 1.807) is 24.3 Å². The highest BCUT2D eigenvalue weighted by Gasteiger charge is 2.43. The number of fused-ring (bicyclic) bond motifs is 1. The maximum absolute atomic E-state index is 12.6. The fourth-order valence-corrected chi connectivity index (χ4v) is 2.97. The SMILES string of the molecule is CC(C)C[C@H](C(=O)OCC(=O)NC1CC1)N1C(=O)c2ccccc2C1=O. The fraction of sp³-hybridized carbons (Fsp3) is 0.474. The molecule has 0 aromatic heterocycles. The van der Waals surface area contributed by atoms with Crippen molar-refractivity contribution in [2.24, 2.45) is 5.92 Å². The molecule has 7 nitrogen and oxygen atoms in total. The summed E-state index contributed by atoms with van der Waals surface area (Å²) in [6.07, 6.45) is 2.14. The van der Waals surface area contributed by atoms with E-state index < -0.39 is 30.4 Å². The monoisotopic (exact) mass is 358 g/mol. The maximum atomic E-state index is 12.6. The Morgan fingerprint density at radius 1 is 1.15 bits per heavy atom. The Kier molecular flexibility index (Phi) is 5.06. The van der Waals surface area contributed by atoms with Gasteiger partial charge in [-0.25, -0.2) is 4.79 Å². The molecule has 1 aromatic carbocycles. The first-order valence-corrected chi connectivity index (χ1v) is 8.81. The lowest BCUT2D eigenvalue weighted by Crippen LogP contribution is -2.47. The number of amides is 3. The third kappa shape index (κ3) is 3.76. The Morgan fingerprint density at radius 2 is 1.73 bits per heavy atom. The molecule has 3 amide bonds. The van der Waals surface area contributed by atoms with Crippen LogP contribution in [-0.4, -0.2) is 47.3 Å². The van der Waals surface area contributed by atoms with E-state index in [0.29, 0.717) is 0 Å². The van der Waals surface area contributed by atoms with Gasteiger partial charge in [0.2, 0.25) is 0 Å². The van der Waals surface area contributed by atoms with E-state index in [-0.39, 0.29) is 35.4 Å². The summed E-state index contributed by atoms with van der Waals surface area (Å²) in [6, 6.07) is 5.60. The van der Waals surface area contributed by atoms with E-state index >= 15 is 0 Å². The first-order chi connectivity index (χ1) is 12.4. The highest BCUT2D eigenvalue weighted by atomic mass is 16.5. The summed E-state index contributed by atoms with van der Waals surface area (Å²) in [7, 11) is 0. The van der Waals surface area contributed by atoms with Gasteiger partial charge in [0.05, 0.1) is 11.1 Å². The first kappa shape index (κ1) is 18.1. The van der Waals surface area contributed by atoms with E-state index in [9.17, 15) is 19.2 Å². The number of imide groups is 1. The predicted molar refractivity (Wildman–Crippen MR) is 92.3 cm³/mol. The number of esters is 1. The third-order valence-electron chi connectivity index (χ3n) is 4.39. The van der Waals surface area contributed by atoms with Gasteiger partial charge in [-0.15, -0.1) is 0 Å². The van der Waals surface area contributed by atoms with Crippen molar-refractivity contribution in [2.45, 2.75) is 45.2 Å². The first-order valence-electron chi connectivity index (χ1n) is 8.81. The van der Waals surface area contributed by atoms with Crippen LogP contribution in [0, 0.1) is 5.92 Å². The molecule has 2 aliphatic rings. The summed E-state index contributed by atoms with van der Waals surface area (Å²) in [5.74, 6) is -2.06. The summed E-state index contributed by atoms with van der Waals surface area (Å²) in [6.45, 7) is 3.36. The summed E-state index contributed by atoms with van der Waals surface area (Å²) in [5, 5.41) is 2.73. The molecule has 1 aromatic rings. The highest BCUT2D eigenvalue weighted by molar-refractivity contribution is 6.22. The average molecular weight is 358 g/mol. The van der Waals surface area contributed by atoms with Crippen LogP contribution in [0.3, 0.4) is 0 Å². The molecule has 1 heterocycles. The van der Waals surface area contributed by atoms with Crippen molar-refractivity contribution in [3.8, 4) is 0 Å². The summed E-state index contributed by atoms with van der Waals surface area (Å²) < 4.78 is 5.11. The van der Waals surface area contributed by atoms with Crippen LogP contribution >= 0.6 is 0 Å². The van der Waals surface area contributed by atoms with Gasteiger partial charge in [0.25, 0.3) is 17.7 Å². The minimum Gasteiger partial charge on any atom is -0.454 e. The lowest BCUT2D eigenvalue weighted by molar-refractivity contribution is -0.152. The summed E-state index contributed by atoms with van der Waals surface area (Å²) in [4.78, 5) is 50.6. The molecule has 26 heavy (non-hydrogen) atoms. The Morgan fingerprint density at radius 3 is 2.23 bits per heavy atom. The van der Waals surface area contributed by atoms with Crippen molar-refractivity contribution in [3.05, 3.63) is 35.4 Å². The number of benzene rings is 1. The molecule has 1 atom stereocenters. The zero-order valence-corrected chi connectivity index (χ0v) is 14.9. The topological polar surface area (TPSA) is 92.8 Å². The Bertz CT molecular complexity index is 719. The molecule has 1 N–H and O–H groups in total. The average Bonchev–Trinajstić information content (AvgIpc) is 3.38. The minimum absolute atomic E-state index is 0.0529. The van der Waals surface area contributed by atoms with Crippen LogP contribution in [0.2, 0.25) is 0 Å². The zero-order chi connectivity index (χ0) is 18.8. The van der Waals surface area contributed by atoms with Crippen LogP contribution in [0.1, 0.15) is 53.8 Å². The van der Waals surface area contributed by atoms with E-state index in [4.69, 9.17) is 4.74 Å². The molecule has 7 heteroatoms. The van der Waals surface area contributed by atoms with Gasteiger partial charge >= 0.3 is 5.97 Å². The van der Waals surface area contributed by atoms with Gasteiger partial charge in [-0.1, -0.05) is 26.0 Å². The number of rotatable bonds is 7. The number of nitrogens with one attached hydrogen (secondary N) is 1. The standard InChI is InChI=1S/C19H22N2O5/c1-11(2)9-15(19(25)26-10-16(22)20-12-7-8-12)21-17(23)13-5-3-4-6-14(13)18(21)24/h3-6,11-12,15H,7-10H2,1-2H3,(H,20,22)/t15-/m1/s1. The number of ether oxygens (including phenoxy) is 1. The molecule has 138 valence electrons. The molecule has 1 aliphatic heterocycles. The minimum atomic E-state index is -1.05. The van der Waals surface area contributed by atoms with E-state index in [1.165, 1.54) is 0 Å². The Labute approximate surface area is 151 Å². The van der Waals surface area contributed by atoms with Crippen molar-refractivity contribution in [3.63, 3.8) is 0 Å². The van der Waals surface area contributed by atoms with Gasteiger partial charge in [0.1, 0.15) is 6.04 Å². The predicted octanol–water partition coefficient (Wildman–Crippen LogP) is 1.52. The Hall–Kier alpha value is -2.70. The number of hydrogen-bond donors (Lipinski definition) is 1. The molecular formula is C19H22N2O5. The second kappa shape index (κ2) is 7.27. The van der Waals surface area contributed by atoms with Gasteiger partial charge < -0.3 is 10.1 Å². The lowest BCUT2D eigenvalue weighted by atomic mass is 10.0. The molecule has 3 rings (SSSR count). The van der Waals surface area contributed by atoms with E-state index in [1.807, 2.05) is 13.8 Å². The van der Waals surface area contributed by atoms with Crippen LogP contribution in [0.4, 0.5) is 0 Å². The number of carbonyl (C=O) groups is 4. The molecule has 0 bridgehead atoms. The van der Waals surface area contributed by atoms with Crippen molar-refractivity contribution < 1.29 is 23.9 Å². The lowest BCUT2D eigenvalue weighted by Gasteiger charge is -2.25. The van der Waals surface area contributed by atoms with Crippen molar-refractivity contribution in [1.29, 1.82) is 0 Å². The summed E-state index contributed by atoms with van der Waals surface area (Å²) in [5.41, 5.74) is 0.566. The van der Waals surface area contributed by atoms with Gasteiger partial charge in [0, 0.05) is 6.04 Å². The van der Waals surface area contributed by atoms with Crippen molar-refractivity contribution in [2.75, 3.05) is 6.61 Å². The largest absolute Gasteiger partial charge is 0.454 e. The molecule has 1 saturated carbocycles. The van der Waals surface area contributed by atoms with Crippen LogP contribution in [0.5, 0.6) is 0 Å². The molecule has 0 unspecified atom stereocenters. The third-order valence-corrected chi connectivity index (χ3v) is 4.39. The van der Waals surface area contributed by atoms with Crippen molar-refractivity contribution in [1.82, 2.24) is 10.2 Å². The van der Waals surface area contributed by atoms with Crippen molar-refractivity contribution >= 4 is 23.7 Å². The quantitative estimate of drug-likeness (QED) is 0.589. The van der Waals surface area contributed by atoms with Gasteiger partial charge in [-0.2, -0.15) is 0 Å². The van der Waals surface area contributed by atoms with E-state index in [2.05, 4.69) is 5.32 Å². The van der Waals surface area contributed by atoms with Crippen LogP contribution in [0.25, 0.3) is 0 Å². The normalized spacial score (nSPS) is 17.3. The summed E-state index contributed by atoms with van der Waals surface area (Å²) >= 11 is 0. The number of nitrogens with zero attached hydrogens (tertiary/aromatic N) is 1. The molecule has 0 spiro atoms. The molecule has 1 fully saturated rings. The molecule has 0 radical (unpaired) electrons. The molecule has 1 aliphatic carbocycles. The van der Waals surface area contributed by atoms with Crippen LogP contribution in [-0.2, 0) is 14.3 Å². The Balaban J connectivity index is 1.73. The van der Waals surface area contributed by atoms with Crippen LogP contribution < -0.4 is 5.32 Å². The molecule has 0 saturated heterocycles. The number of hydrogen-bond acceptors (Lipinski definition) is 5. The van der Waals surface area contributed by atoms with Gasteiger partial charge in [-0.3, -0.25) is 19.3 Å². The van der Waals surface area contributed by atoms with Gasteiger partial charge in [0.15, 0.2) is 6.61 Å². The smallest absolute Gasteiger partial charge is 0.329 e. The second-order valence-electron chi connectivity index (χ2n) is 7.12.